The van der Waals surface area contributed by atoms with Crippen LogP contribution in [0.1, 0.15) is 67.2 Å². The predicted molar refractivity (Wildman–Crippen MR) is 114 cm³/mol. The molecule has 2 aliphatic rings. The molecule has 0 saturated carbocycles. The summed E-state index contributed by atoms with van der Waals surface area (Å²) in [6, 6.07) is 3.61. The molecule has 0 spiro atoms. The number of carbonyl (C=O) groups is 2. The van der Waals surface area contributed by atoms with E-state index in [1.807, 2.05) is 13.0 Å². The molecule has 2 aliphatic heterocycles. The van der Waals surface area contributed by atoms with Gasteiger partial charge < -0.3 is 15.1 Å². The fourth-order valence-electron chi connectivity index (χ4n) is 4.45. The topological polar surface area (TPSA) is 104 Å². The Morgan fingerprint density at radius 2 is 1.90 bits per heavy atom. The van der Waals surface area contributed by atoms with Gasteiger partial charge >= 0.3 is 0 Å². The second-order valence-electron chi connectivity index (χ2n) is 8.62. The van der Waals surface area contributed by atoms with Gasteiger partial charge in [-0.2, -0.15) is 0 Å². The Balaban J connectivity index is 1.51. The molecule has 9 heteroatoms. The highest BCUT2D eigenvalue weighted by molar-refractivity contribution is 5.99. The standard InChI is InChI=1S/C22H30N6O3/c1-16-18(26-31-25-16)15-24-21(30)22(2)9-4-7-13-28(22)20(29)17-8-10-23-19(14-17)27-11-5-3-6-12-27/h8,10,14H,3-7,9,11-13,15H2,1-2H3,(H,24,30)/t22-/m1/s1. The number of piperidine rings is 2. The number of amides is 2. The minimum absolute atomic E-state index is 0.128. The number of nitrogens with one attached hydrogen (secondary N) is 1. The molecule has 9 nitrogen and oxygen atoms in total. The molecule has 2 fully saturated rings. The van der Waals surface area contributed by atoms with Crippen molar-refractivity contribution < 1.29 is 14.2 Å². The van der Waals surface area contributed by atoms with Gasteiger partial charge in [-0.15, -0.1) is 0 Å². The van der Waals surface area contributed by atoms with Crippen LogP contribution in [-0.4, -0.2) is 57.2 Å². The first kappa shape index (κ1) is 21.3. The van der Waals surface area contributed by atoms with Crippen LogP contribution in [0, 0.1) is 6.92 Å². The third-order valence-electron chi connectivity index (χ3n) is 6.46. The van der Waals surface area contributed by atoms with Gasteiger partial charge in [-0.1, -0.05) is 10.3 Å². The van der Waals surface area contributed by atoms with Crippen molar-refractivity contribution in [3.05, 3.63) is 35.3 Å². The lowest BCUT2D eigenvalue weighted by molar-refractivity contribution is -0.133. The quantitative estimate of drug-likeness (QED) is 0.783. The van der Waals surface area contributed by atoms with E-state index in [0.717, 1.165) is 44.6 Å². The number of anilines is 1. The largest absolute Gasteiger partial charge is 0.357 e. The molecule has 2 aromatic rings. The van der Waals surface area contributed by atoms with Gasteiger partial charge in [-0.3, -0.25) is 9.59 Å². The van der Waals surface area contributed by atoms with Crippen LogP contribution < -0.4 is 10.2 Å². The van der Waals surface area contributed by atoms with E-state index in [-0.39, 0.29) is 18.4 Å². The maximum absolute atomic E-state index is 13.5. The summed E-state index contributed by atoms with van der Waals surface area (Å²) in [5.74, 6) is 0.522. The Labute approximate surface area is 182 Å². The molecule has 2 aromatic heterocycles. The SMILES string of the molecule is Cc1nonc1CNC(=O)[C@@]1(C)CCCCN1C(=O)c1ccnc(N2CCCCC2)c1. The highest BCUT2D eigenvalue weighted by Gasteiger charge is 2.44. The van der Waals surface area contributed by atoms with Gasteiger partial charge in [-0.25, -0.2) is 9.61 Å². The van der Waals surface area contributed by atoms with Gasteiger partial charge in [0.15, 0.2) is 0 Å². The minimum atomic E-state index is -0.922. The summed E-state index contributed by atoms with van der Waals surface area (Å²) in [6.07, 6.45) is 7.61. The summed E-state index contributed by atoms with van der Waals surface area (Å²) in [4.78, 5) is 35.1. The van der Waals surface area contributed by atoms with Crippen LogP contribution >= 0.6 is 0 Å². The van der Waals surface area contributed by atoms with E-state index < -0.39 is 5.54 Å². The zero-order chi connectivity index (χ0) is 21.8. The van der Waals surface area contributed by atoms with E-state index in [9.17, 15) is 9.59 Å². The molecule has 166 valence electrons. The van der Waals surface area contributed by atoms with Gasteiger partial charge in [0, 0.05) is 31.4 Å². The van der Waals surface area contributed by atoms with Crippen LogP contribution in [0.3, 0.4) is 0 Å². The number of likely N-dealkylation sites (tertiary alicyclic amines) is 1. The fourth-order valence-corrected chi connectivity index (χ4v) is 4.45. The number of hydrogen-bond acceptors (Lipinski definition) is 7. The Hall–Kier alpha value is -2.97. The molecule has 0 radical (unpaired) electrons. The van der Waals surface area contributed by atoms with Gasteiger partial charge in [-0.05, 0) is 64.5 Å². The summed E-state index contributed by atoms with van der Waals surface area (Å²) in [5, 5.41) is 10.5. The molecule has 2 saturated heterocycles. The molecule has 4 heterocycles. The van der Waals surface area contributed by atoms with Crippen LogP contribution in [0.25, 0.3) is 0 Å². The molecule has 0 bridgehead atoms. The first-order valence-corrected chi connectivity index (χ1v) is 11.1. The Bertz CT molecular complexity index is 939. The smallest absolute Gasteiger partial charge is 0.254 e. The normalized spacial score (nSPS) is 21.7. The molecule has 0 aromatic carbocycles. The van der Waals surface area contributed by atoms with Crippen LogP contribution in [0.15, 0.2) is 23.0 Å². The number of pyridine rings is 1. The Morgan fingerprint density at radius 3 is 2.65 bits per heavy atom. The average molecular weight is 427 g/mol. The van der Waals surface area contributed by atoms with Crippen molar-refractivity contribution in [1.82, 2.24) is 25.5 Å². The molecule has 4 rings (SSSR count). The molecule has 1 N–H and O–H groups in total. The Kier molecular flexibility index (Phi) is 6.20. The van der Waals surface area contributed by atoms with Gasteiger partial charge in [0.1, 0.15) is 22.7 Å². The molecule has 0 unspecified atom stereocenters. The van der Waals surface area contributed by atoms with Crippen molar-refractivity contribution >= 4 is 17.6 Å². The van der Waals surface area contributed by atoms with Crippen molar-refractivity contribution in [3.63, 3.8) is 0 Å². The monoisotopic (exact) mass is 426 g/mol. The number of carbonyl (C=O) groups excluding carboxylic acids is 2. The number of rotatable bonds is 5. The van der Waals surface area contributed by atoms with Gasteiger partial charge in [0.2, 0.25) is 5.91 Å². The van der Waals surface area contributed by atoms with Crippen molar-refractivity contribution in [2.45, 2.75) is 64.5 Å². The number of nitrogens with zero attached hydrogens (tertiary/aromatic N) is 5. The highest BCUT2D eigenvalue weighted by Crippen LogP contribution is 2.30. The number of aromatic nitrogens is 3. The van der Waals surface area contributed by atoms with Crippen molar-refractivity contribution in [1.29, 1.82) is 0 Å². The summed E-state index contributed by atoms with van der Waals surface area (Å²) >= 11 is 0. The third kappa shape index (κ3) is 4.40. The predicted octanol–water partition coefficient (Wildman–Crippen LogP) is 2.46. The molecular weight excluding hydrogens is 396 g/mol. The first-order valence-electron chi connectivity index (χ1n) is 11.1. The third-order valence-corrected chi connectivity index (χ3v) is 6.46. The first-order chi connectivity index (χ1) is 15.0. The summed E-state index contributed by atoms with van der Waals surface area (Å²) < 4.78 is 4.70. The zero-order valence-corrected chi connectivity index (χ0v) is 18.3. The van der Waals surface area contributed by atoms with E-state index in [2.05, 4.69) is 25.5 Å². The molecule has 31 heavy (non-hydrogen) atoms. The van der Waals surface area contributed by atoms with Crippen LogP contribution in [0.5, 0.6) is 0 Å². The fraction of sp³-hybridized carbons (Fsp3) is 0.591. The van der Waals surface area contributed by atoms with E-state index in [0.29, 0.717) is 29.9 Å². The summed E-state index contributed by atoms with van der Waals surface area (Å²) in [5.41, 5.74) is 0.887. The lowest BCUT2D eigenvalue weighted by Crippen LogP contribution is -2.60. The van der Waals surface area contributed by atoms with Crippen LogP contribution in [0.4, 0.5) is 5.82 Å². The minimum Gasteiger partial charge on any atom is -0.357 e. The molecule has 2 amide bonds. The maximum atomic E-state index is 13.5. The van der Waals surface area contributed by atoms with E-state index in [1.165, 1.54) is 6.42 Å². The van der Waals surface area contributed by atoms with E-state index in [4.69, 9.17) is 4.63 Å². The van der Waals surface area contributed by atoms with E-state index in [1.54, 1.807) is 24.1 Å². The number of aryl methyl sites for hydroxylation is 1. The average Bonchev–Trinajstić information content (AvgIpc) is 3.22. The summed E-state index contributed by atoms with van der Waals surface area (Å²) in [6.45, 7) is 6.32. The van der Waals surface area contributed by atoms with Gasteiger partial charge in [0.25, 0.3) is 5.91 Å². The maximum Gasteiger partial charge on any atom is 0.254 e. The van der Waals surface area contributed by atoms with Crippen LogP contribution in [0.2, 0.25) is 0 Å². The zero-order valence-electron chi connectivity index (χ0n) is 18.3. The molecule has 1 atom stereocenters. The second kappa shape index (κ2) is 9.03. The highest BCUT2D eigenvalue weighted by atomic mass is 16.6. The second-order valence-corrected chi connectivity index (χ2v) is 8.62. The lowest BCUT2D eigenvalue weighted by atomic mass is 9.86. The van der Waals surface area contributed by atoms with E-state index >= 15 is 0 Å². The van der Waals surface area contributed by atoms with Crippen molar-refractivity contribution in [2.75, 3.05) is 24.5 Å². The van der Waals surface area contributed by atoms with Crippen LogP contribution in [-0.2, 0) is 11.3 Å². The number of hydrogen-bond donors (Lipinski definition) is 1. The molecule has 0 aliphatic carbocycles. The van der Waals surface area contributed by atoms with Gasteiger partial charge in [0.05, 0.1) is 6.54 Å². The summed E-state index contributed by atoms with van der Waals surface area (Å²) in [7, 11) is 0. The molecular formula is C22H30N6O3. The Morgan fingerprint density at radius 1 is 1.13 bits per heavy atom. The van der Waals surface area contributed by atoms with Crippen molar-refractivity contribution in [2.24, 2.45) is 0 Å². The lowest BCUT2D eigenvalue weighted by Gasteiger charge is -2.43. The van der Waals surface area contributed by atoms with Crippen molar-refractivity contribution in [3.8, 4) is 0 Å².